The lowest BCUT2D eigenvalue weighted by molar-refractivity contribution is -0.0217. The summed E-state index contributed by atoms with van der Waals surface area (Å²) in [7, 11) is 1.32. The molecule has 5 heteroatoms. The van der Waals surface area contributed by atoms with Crippen molar-refractivity contribution in [2.45, 2.75) is 26.6 Å². The van der Waals surface area contributed by atoms with E-state index in [4.69, 9.17) is 9.47 Å². The topological polar surface area (TPSA) is 68.7 Å². The van der Waals surface area contributed by atoms with Crippen LogP contribution in [-0.2, 0) is 11.2 Å². The van der Waals surface area contributed by atoms with Crippen LogP contribution >= 0.6 is 0 Å². The van der Waals surface area contributed by atoms with Crippen LogP contribution in [0.15, 0.2) is 24.3 Å². The van der Waals surface area contributed by atoms with Gasteiger partial charge >= 0.3 is 5.97 Å². The summed E-state index contributed by atoms with van der Waals surface area (Å²) < 4.78 is 10.3. The van der Waals surface area contributed by atoms with E-state index in [1.807, 2.05) is 18.2 Å². The number of aliphatic hydroxyl groups excluding tert-OH is 1. The number of carbonyl (C=O) groups is 1. The van der Waals surface area contributed by atoms with Crippen LogP contribution in [0.2, 0.25) is 0 Å². The molecule has 0 spiro atoms. The molecule has 1 aliphatic heterocycles. The molecule has 1 N–H and O–H groups in total. The first-order valence-corrected chi connectivity index (χ1v) is 7.13. The van der Waals surface area contributed by atoms with E-state index in [9.17, 15) is 9.90 Å². The largest absolute Gasteiger partial charge is 0.465 e. The molecule has 0 saturated heterocycles. The molecule has 0 fully saturated rings. The number of ether oxygens (including phenoxy) is 2. The second-order valence-electron chi connectivity index (χ2n) is 5.21. The highest BCUT2D eigenvalue weighted by molar-refractivity contribution is 5.91. The fraction of sp³-hybridized carbons (Fsp3) is 0.294. The van der Waals surface area contributed by atoms with Gasteiger partial charge in [0.2, 0.25) is 6.29 Å². The van der Waals surface area contributed by atoms with Gasteiger partial charge in [0.1, 0.15) is 5.75 Å². The van der Waals surface area contributed by atoms with E-state index in [1.165, 1.54) is 7.11 Å². The molecule has 0 saturated carbocycles. The normalized spacial score (nSPS) is 15.5. The van der Waals surface area contributed by atoms with Crippen LogP contribution < -0.4 is 4.74 Å². The van der Waals surface area contributed by atoms with Crippen molar-refractivity contribution in [2.75, 3.05) is 7.11 Å². The minimum atomic E-state index is -1.15. The number of carbonyl (C=O) groups excluding carboxylic acids is 1. The van der Waals surface area contributed by atoms with Gasteiger partial charge in [0.15, 0.2) is 0 Å². The molecule has 1 aromatic heterocycles. The maximum absolute atomic E-state index is 11.8. The lowest BCUT2D eigenvalue weighted by Gasteiger charge is -2.25. The second-order valence-corrected chi connectivity index (χ2v) is 5.21. The number of aliphatic hydroxyl groups is 1. The maximum atomic E-state index is 11.8. The Labute approximate surface area is 128 Å². The number of hydrogen-bond acceptors (Lipinski definition) is 5. The summed E-state index contributed by atoms with van der Waals surface area (Å²) in [6.07, 6.45) is -0.254. The van der Waals surface area contributed by atoms with Gasteiger partial charge in [-0.05, 0) is 37.1 Å². The van der Waals surface area contributed by atoms with Crippen molar-refractivity contribution in [1.29, 1.82) is 0 Å². The molecule has 1 aliphatic rings. The van der Waals surface area contributed by atoms with Crippen LogP contribution in [-0.4, -0.2) is 23.2 Å². The van der Waals surface area contributed by atoms with Crippen molar-refractivity contribution < 1.29 is 19.4 Å². The summed E-state index contributed by atoms with van der Waals surface area (Å²) in [5.74, 6) is 0.114. The highest BCUT2D eigenvalue weighted by Crippen LogP contribution is 2.41. The maximum Gasteiger partial charge on any atom is 0.339 e. The first-order valence-electron chi connectivity index (χ1n) is 7.13. The molecule has 3 rings (SSSR count). The van der Waals surface area contributed by atoms with Crippen LogP contribution in [0.3, 0.4) is 0 Å². The summed E-state index contributed by atoms with van der Waals surface area (Å²) in [6, 6.07) is 7.40. The third-order valence-electron chi connectivity index (χ3n) is 3.86. The molecule has 5 nitrogen and oxygen atoms in total. The molecule has 0 bridgehead atoms. The number of pyridine rings is 1. The number of aromatic nitrogens is 1. The van der Waals surface area contributed by atoms with Crippen LogP contribution in [0.1, 0.15) is 40.4 Å². The summed E-state index contributed by atoms with van der Waals surface area (Å²) in [4.78, 5) is 16.3. The lowest BCUT2D eigenvalue weighted by atomic mass is 9.97. The average Bonchev–Trinajstić information content (AvgIpc) is 2.53. The molecule has 0 unspecified atom stereocenters. The summed E-state index contributed by atoms with van der Waals surface area (Å²) in [6.45, 7) is 3.82. The van der Waals surface area contributed by atoms with Crippen molar-refractivity contribution in [3.05, 3.63) is 46.6 Å². The highest BCUT2D eigenvalue weighted by atomic mass is 16.6. The molecule has 2 aromatic rings. The Bertz CT molecular complexity index is 755. The van der Waals surface area contributed by atoms with Gasteiger partial charge in [-0.1, -0.05) is 13.0 Å². The predicted octanol–water partition coefficient (Wildman–Crippen LogP) is 2.79. The third-order valence-corrected chi connectivity index (χ3v) is 3.86. The second kappa shape index (κ2) is 5.42. The molecule has 2 heterocycles. The van der Waals surface area contributed by atoms with E-state index < -0.39 is 12.3 Å². The standard InChI is InChI=1S/C17H17NO4/c1-4-10-5-6-14-12(7-10)15-13(17(20)22-14)8-11(9(2)18-15)16(19)21-3/h5-8,17,20H,4H2,1-3H3/t17-/m0/s1. The molecule has 1 aromatic carbocycles. The van der Waals surface area contributed by atoms with Gasteiger partial charge in [-0.2, -0.15) is 0 Å². The molecular formula is C17H17NO4. The van der Waals surface area contributed by atoms with Gasteiger partial charge in [0, 0.05) is 11.1 Å². The Kier molecular flexibility index (Phi) is 3.58. The van der Waals surface area contributed by atoms with Crippen molar-refractivity contribution in [3.8, 4) is 17.0 Å². The zero-order valence-corrected chi connectivity index (χ0v) is 12.7. The van der Waals surface area contributed by atoms with Gasteiger partial charge < -0.3 is 14.6 Å². The Hall–Kier alpha value is -2.40. The minimum Gasteiger partial charge on any atom is -0.465 e. The fourth-order valence-electron chi connectivity index (χ4n) is 2.61. The van der Waals surface area contributed by atoms with Gasteiger partial charge in [0.05, 0.1) is 24.1 Å². The molecule has 1 atom stereocenters. The molecule has 114 valence electrons. The van der Waals surface area contributed by atoms with E-state index in [-0.39, 0.29) is 0 Å². The van der Waals surface area contributed by atoms with E-state index in [1.54, 1.807) is 13.0 Å². The quantitative estimate of drug-likeness (QED) is 0.864. The number of fused-ring (bicyclic) bond motifs is 3. The zero-order chi connectivity index (χ0) is 15.9. The smallest absolute Gasteiger partial charge is 0.339 e. The first kappa shape index (κ1) is 14.5. The molecule has 22 heavy (non-hydrogen) atoms. The predicted molar refractivity (Wildman–Crippen MR) is 80.7 cm³/mol. The van der Waals surface area contributed by atoms with E-state index >= 15 is 0 Å². The van der Waals surface area contributed by atoms with Crippen molar-refractivity contribution >= 4 is 5.97 Å². The number of aryl methyl sites for hydroxylation is 2. The molecule has 0 radical (unpaired) electrons. The molecule has 0 aliphatic carbocycles. The van der Waals surface area contributed by atoms with Crippen molar-refractivity contribution in [3.63, 3.8) is 0 Å². The van der Waals surface area contributed by atoms with Crippen LogP contribution in [0.5, 0.6) is 5.75 Å². The SMILES string of the molecule is CCc1ccc2c(c1)-c1nc(C)c(C(=O)OC)cc1[C@@H](O)O2. The van der Waals surface area contributed by atoms with Gasteiger partial charge in [0.25, 0.3) is 0 Å². The van der Waals surface area contributed by atoms with E-state index in [0.29, 0.717) is 28.3 Å². The third kappa shape index (κ3) is 2.23. The van der Waals surface area contributed by atoms with Gasteiger partial charge in [-0.3, -0.25) is 4.98 Å². The summed E-state index contributed by atoms with van der Waals surface area (Å²) in [5, 5.41) is 10.2. The van der Waals surface area contributed by atoms with Crippen LogP contribution in [0.25, 0.3) is 11.3 Å². The van der Waals surface area contributed by atoms with Crippen molar-refractivity contribution in [2.24, 2.45) is 0 Å². The van der Waals surface area contributed by atoms with Gasteiger partial charge in [-0.25, -0.2) is 4.79 Å². The number of esters is 1. The molecule has 0 amide bonds. The fourth-order valence-corrected chi connectivity index (χ4v) is 2.61. The Morgan fingerprint density at radius 2 is 2.18 bits per heavy atom. The minimum absolute atomic E-state index is 0.332. The average molecular weight is 299 g/mol. The Morgan fingerprint density at radius 3 is 2.86 bits per heavy atom. The monoisotopic (exact) mass is 299 g/mol. The Balaban J connectivity index is 2.22. The van der Waals surface area contributed by atoms with Crippen LogP contribution in [0, 0.1) is 6.92 Å². The number of methoxy groups -OCH3 is 1. The van der Waals surface area contributed by atoms with Crippen LogP contribution in [0.4, 0.5) is 0 Å². The van der Waals surface area contributed by atoms with Crippen molar-refractivity contribution in [1.82, 2.24) is 4.98 Å². The van der Waals surface area contributed by atoms with E-state index in [0.717, 1.165) is 17.5 Å². The van der Waals surface area contributed by atoms with E-state index in [2.05, 4.69) is 11.9 Å². The number of benzene rings is 1. The molecular weight excluding hydrogens is 282 g/mol. The summed E-state index contributed by atoms with van der Waals surface area (Å²) >= 11 is 0. The first-order chi connectivity index (χ1) is 10.5. The summed E-state index contributed by atoms with van der Waals surface area (Å²) in [5.41, 5.74) is 4.01. The number of hydrogen-bond donors (Lipinski definition) is 1. The number of rotatable bonds is 2. The zero-order valence-electron chi connectivity index (χ0n) is 12.7. The van der Waals surface area contributed by atoms with Gasteiger partial charge in [-0.15, -0.1) is 0 Å². The highest BCUT2D eigenvalue weighted by Gasteiger charge is 2.28. The lowest BCUT2D eigenvalue weighted by Crippen LogP contribution is -2.17. The Morgan fingerprint density at radius 1 is 1.41 bits per heavy atom. The number of nitrogens with zero attached hydrogens (tertiary/aromatic N) is 1.